The number of thiazole rings is 1. The molecule has 0 fully saturated rings. The van der Waals surface area contributed by atoms with Crippen molar-refractivity contribution >= 4 is 40.1 Å². The first-order chi connectivity index (χ1) is 12.4. The summed E-state index contributed by atoms with van der Waals surface area (Å²) < 4.78 is 0. The monoisotopic (exact) mass is 382 g/mol. The van der Waals surface area contributed by atoms with Gasteiger partial charge in [-0.2, -0.15) is 0 Å². The van der Waals surface area contributed by atoms with Crippen LogP contribution in [0.3, 0.4) is 0 Å². The lowest BCUT2D eigenvalue weighted by molar-refractivity contribution is -0.111. The van der Waals surface area contributed by atoms with Crippen molar-refractivity contribution in [3.8, 4) is 11.3 Å². The average molecular weight is 383 g/mol. The smallest absolute Gasteiger partial charge is 0.250 e. The molecule has 0 aliphatic rings. The molecule has 0 saturated carbocycles. The number of aromatic nitrogens is 1. The van der Waals surface area contributed by atoms with Crippen LogP contribution in [0.2, 0.25) is 5.02 Å². The third kappa shape index (κ3) is 4.21. The molecule has 3 rings (SSSR count). The normalized spacial score (nSPS) is 11.1. The molecule has 0 spiro atoms. The molecule has 0 atom stereocenters. The van der Waals surface area contributed by atoms with Crippen LogP contribution in [0.4, 0.5) is 5.13 Å². The largest absolute Gasteiger partial charge is 0.298 e. The van der Waals surface area contributed by atoms with Gasteiger partial charge in [0, 0.05) is 22.0 Å². The lowest BCUT2D eigenvalue weighted by Gasteiger charge is -2.07. The highest BCUT2D eigenvalue weighted by Gasteiger charge is 2.10. The Hall–Kier alpha value is -2.43. The third-order valence-corrected chi connectivity index (χ3v) is 5.27. The first kappa shape index (κ1) is 18.4. The van der Waals surface area contributed by atoms with Crippen LogP contribution in [-0.4, -0.2) is 10.9 Å². The molecule has 3 nitrogen and oxygen atoms in total. The van der Waals surface area contributed by atoms with Gasteiger partial charge in [0.25, 0.3) is 0 Å². The number of carbonyl (C=O) groups is 1. The van der Waals surface area contributed by atoms with Crippen molar-refractivity contribution in [3.05, 3.63) is 75.1 Å². The number of hydrogen-bond acceptors (Lipinski definition) is 3. The van der Waals surface area contributed by atoms with Gasteiger partial charge in [0.05, 0.1) is 5.69 Å². The van der Waals surface area contributed by atoms with Crippen LogP contribution in [-0.2, 0) is 4.79 Å². The SMILES string of the molecule is Cc1cc(C)c(-c2csc(NC(=O)C=Cc3ccccc3Cl)n2)cc1C. The molecule has 3 aromatic rings. The van der Waals surface area contributed by atoms with Crippen molar-refractivity contribution in [2.75, 3.05) is 5.32 Å². The second kappa shape index (κ2) is 7.85. The highest BCUT2D eigenvalue weighted by atomic mass is 35.5. The molecule has 2 aromatic carbocycles. The van der Waals surface area contributed by atoms with Gasteiger partial charge in [-0.15, -0.1) is 11.3 Å². The molecule has 0 radical (unpaired) electrons. The van der Waals surface area contributed by atoms with Crippen molar-refractivity contribution < 1.29 is 4.79 Å². The maximum atomic E-state index is 12.1. The number of nitrogens with one attached hydrogen (secondary N) is 1. The zero-order valence-electron chi connectivity index (χ0n) is 14.8. The van der Waals surface area contributed by atoms with Crippen LogP contribution in [0.15, 0.2) is 47.9 Å². The summed E-state index contributed by atoms with van der Waals surface area (Å²) in [6.07, 6.45) is 3.16. The standard InChI is InChI=1S/C21H19ClN2OS/c1-13-10-15(3)17(11-14(13)2)19-12-26-21(23-19)24-20(25)9-8-16-6-4-5-7-18(16)22/h4-12H,1-3H3,(H,23,24,25). The Kier molecular flexibility index (Phi) is 5.55. The molecule has 0 bridgehead atoms. The number of rotatable bonds is 4. The Balaban J connectivity index is 1.74. The van der Waals surface area contributed by atoms with Gasteiger partial charge in [-0.1, -0.05) is 35.9 Å². The van der Waals surface area contributed by atoms with Crippen molar-refractivity contribution in [1.29, 1.82) is 0 Å². The summed E-state index contributed by atoms with van der Waals surface area (Å²) in [4.78, 5) is 16.7. The number of amides is 1. The third-order valence-electron chi connectivity index (χ3n) is 4.17. The summed E-state index contributed by atoms with van der Waals surface area (Å²) in [5.41, 5.74) is 6.44. The van der Waals surface area contributed by atoms with Crippen molar-refractivity contribution in [2.45, 2.75) is 20.8 Å². The Morgan fingerprint density at radius 1 is 1.12 bits per heavy atom. The van der Waals surface area contributed by atoms with Crippen LogP contribution in [0.5, 0.6) is 0 Å². The minimum atomic E-state index is -0.234. The topological polar surface area (TPSA) is 42.0 Å². The van der Waals surface area contributed by atoms with E-state index in [0.717, 1.165) is 16.8 Å². The van der Waals surface area contributed by atoms with E-state index in [0.29, 0.717) is 10.2 Å². The molecule has 132 valence electrons. The Morgan fingerprint density at radius 2 is 1.85 bits per heavy atom. The molecule has 0 aliphatic heterocycles. The molecule has 0 saturated heterocycles. The molecule has 26 heavy (non-hydrogen) atoms. The summed E-state index contributed by atoms with van der Waals surface area (Å²) in [7, 11) is 0. The number of benzene rings is 2. The van der Waals surface area contributed by atoms with E-state index in [9.17, 15) is 4.79 Å². The quantitative estimate of drug-likeness (QED) is 0.559. The summed E-state index contributed by atoms with van der Waals surface area (Å²) in [6, 6.07) is 11.7. The van der Waals surface area contributed by atoms with Crippen LogP contribution < -0.4 is 5.32 Å². The molecule has 5 heteroatoms. The summed E-state index contributed by atoms with van der Waals surface area (Å²) in [5.74, 6) is -0.234. The van der Waals surface area contributed by atoms with E-state index < -0.39 is 0 Å². The second-order valence-electron chi connectivity index (χ2n) is 6.13. The molecular formula is C21H19ClN2OS. The predicted octanol–water partition coefficient (Wildman–Crippen LogP) is 6.04. The minimum Gasteiger partial charge on any atom is -0.298 e. The van der Waals surface area contributed by atoms with E-state index in [2.05, 4.69) is 43.2 Å². The van der Waals surface area contributed by atoms with Crippen LogP contribution in [0, 0.1) is 20.8 Å². The molecule has 1 amide bonds. The summed E-state index contributed by atoms with van der Waals surface area (Å²) in [5, 5.41) is 5.95. The lowest BCUT2D eigenvalue weighted by atomic mass is 9.99. The number of halogens is 1. The Labute approximate surface area is 162 Å². The van der Waals surface area contributed by atoms with E-state index in [4.69, 9.17) is 11.6 Å². The molecule has 1 aromatic heterocycles. The molecule has 1 N–H and O–H groups in total. The van der Waals surface area contributed by atoms with Gasteiger partial charge in [0.1, 0.15) is 0 Å². The predicted molar refractivity (Wildman–Crippen MR) is 111 cm³/mol. The molecule has 0 aliphatic carbocycles. The fourth-order valence-corrected chi connectivity index (χ4v) is 3.53. The molecule has 0 unspecified atom stereocenters. The van der Waals surface area contributed by atoms with Gasteiger partial charge in [-0.05, 0) is 61.2 Å². The number of hydrogen-bond donors (Lipinski definition) is 1. The van der Waals surface area contributed by atoms with Crippen LogP contribution in [0.25, 0.3) is 17.3 Å². The van der Waals surface area contributed by atoms with Crippen LogP contribution in [0.1, 0.15) is 22.3 Å². The molecule has 1 heterocycles. The average Bonchev–Trinajstić information content (AvgIpc) is 3.05. The van der Waals surface area contributed by atoms with Gasteiger partial charge in [0.2, 0.25) is 5.91 Å². The van der Waals surface area contributed by atoms with Crippen molar-refractivity contribution in [2.24, 2.45) is 0 Å². The number of anilines is 1. The first-order valence-corrected chi connectivity index (χ1v) is 9.47. The van der Waals surface area contributed by atoms with Crippen molar-refractivity contribution in [3.63, 3.8) is 0 Å². The fraction of sp³-hybridized carbons (Fsp3) is 0.143. The van der Waals surface area contributed by atoms with Crippen LogP contribution >= 0.6 is 22.9 Å². The highest BCUT2D eigenvalue weighted by molar-refractivity contribution is 7.14. The summed E-state index contributed by atoms with van der Waals surface area (Å²) in [6.45, 7) is 6.27. The van der Waals surface area contributed by atoms with Gasteiger partial charge in [-0.25, -0.2) is 4.98 Å². The Bertz CT molecular complexity index is 991. The van der Waals surface area contributed by atoms with E-state index in [1.54, 1.807) is 12.1 Å². The number of carbonyl (C=O) groups excluding carboxylic acids is 1. The molecular weight excluding hydrogens is 364 g/mol. The number of nitrogens with zero attached hydrogens (tertiary/aromatic N) is 1. The van der Waals surface area contributed by atoms with E-state index >= 15 is 0 Å². The van der Waals surface area contributed by atoms with Gasteiger partial charge >= 0.3 is 0 Å². The summed E-state index contributed by atoms with van der Waals surface area (Å²) >= 11 is 7.50. The zero-order chi connectivity index (χ0) is 18.7. The number of aryl methyl sites for hydroxylation is 3. The van der Waals surface area contributed by atoms with E-state index in [1.807, 2.05) is 23.6 Å². The highest BCUT2D eigenvalue weighted by Crippen LogP contribution is 2.29. The van der Waals surface area contributed by atoms with E-state index in [-0.39, 0.29) is 5.91 Å². The minimum absolute atomic E-state index is 0.234. The fourth-order valence-electron chi connectivity index (χ4n) is 2.61. The van der Waals surface area contributed by atoms with Gasteiger partial charge in [-0.3, -0.25) is 10.1 Å². The maximum absolute atomic E-state index is 12.1. The van der Waals surface area contributed by atoms with Crippen molar-refractivity contribution in [1.82, 2.24) is 4.98 Å². The maximum Gasteiger partial charge on any atom is 0.250 e. The zero-order valence-corrected chi connectivity index (χ0v) is 16.4. The first-order valence-electron chi connectivity index (χ1n) is 8.21. The van der Waals surface area contributed by atoms with Gasteiger partial charge < -0.3 is 0 Å². The van der Waals surface area contributed by atoms with Gasteiger partial charge in [0.15, 0.2) is 5.13 Å². The second-order valence-corrected chi connectivity index (χ2v) is 7.40. The Morgan fingerprint density at radius 3 is 2.62 bits per heavy atom. The van der Waals surface area contributed by atoms with E-state index in [1.165, 1.54) is 34.1 Å². The lowest BCUT2D eigenvalue weighted by Crippen LogP contribution is -2.07.